The van der Waals surface area contributed by atoms with Crippen LogP contribution in [0.15, 0.2) is 53.4 Å². The van der Waals surface area contributed by atoms with Gasteiger partial charge in [-0.3, -0.25) is 9.59 Å². The van der Waals surface area contributed by atoms with Gasteiger partial charge in [0.05, 0.1) is 10.6 Å². The van der Waals surface area contributed by atoms with Crippen molar-refractivity contribution in [2.24, 2.45) is 0 Å². The van der Waals surface area contributed by atoms with E-state index in [2.05, 4.69) is 0 Å². The van der Waals surface area contributed by atoms with Crippen LogP contribution in [0.4, 0.5) is 14.9 Å². The molecular weight excluding hydrogens is 301 g/mol. The highest BCUT2D eigenvalue weighted by Gasteiger charge is 2.36. The van der Waals surface area contributed by atoms with Crippen LogP contribution in [0.5, 0.6) is 0 Å². The fourth-order valence-corrected chi connectivity index (χ4v) is 2.97. The fourth-order valence-electron chi connectivity index (χ4n) is 2.13. The standard InChI is InChI=1S/C17H12FNO2S/c1-11-5-7-14(8-6-11)19-16(20)15(22-17(19)21)10-12-3-2-4-13(18)9-12/h2-10H,1H3/b15-10-. The van der Waals surface area contributed by atoms with Gasteiger partial charge in [0.25, 0.3) is 11.1 Å². The van der Waals surface area contributed by atoms with E-state index >= 15 is 0 Å². The zero-order chi connectivity index (χ0) is 15.7. The lowest BCUT2D eigenvalue weighted by Gasteiger charge is -2.12. The van der Waals surface area contributed by atoms with Crippen molar-refractivity contribution < 1.29 is 14.0 Å². The first-order valence-electron chi connectivity index (χ1n) is 6.65. The third-order valence-electron chi connectivity index (χ3n) is 3.23. The van der Waals surface area contributed by atoms with Crippen molar-refractivity contribution in [3.63, 3.8) is 0 Å². The largest absolute Gasteiger partial charge is 0.298 e. The monoisotopic (exact) mass is 313 g/mol. The highest BCUT2D eigenvalue weighted by molar-refractivity contribution is 8.19. The molecule has 110 valence electrons. The Bertz CT molecular complexity index is 784. The molecule has 1 aliphatic heterocycles. The van der Waals surface area contributed by atoms with Crippen LogP contribution in [0.3, 0.4) is 0 Å². The van der Waals surface area contributed by atoms with Crippen LogP contribution < -0.4 is 4.90 Å². The number of carbonyl (C=O) groups is 2. The quantitative estimate of drug-likeness (QED) is 0.772. The van der Waals surface area contributed by atoms with Crippen LogP contribution in [0.2, 0.25) is 0 Å². The lowest BCUT2D eigenvalue weighted by atomic mass is 10.2. The van der Waals surface area contributed by atoms with E-state index in [-0.39, 0.29) is 21.9 Å². The maximum Gasteiger partial charge on any atom is 0.298 e. The number of aryl methyl sites for hydroxylation is 1. The number of imide groups is 1. The smallest absolute Gasteiger partial charge is 0.268 e. The molecule has 0 aliphatic carbocycles. The molecule has 2 amide bonds. The van der Waals surface area contributed by atoms with E-state index in [0.717, 1.165) is 22.2 Å². The van der Waals surface area contributed by atoms with Crippen molar-refractivity contribution in [2.75, 3.05) is 4.90 Å². The molecule has 0 radical (unpaired) electrons. The van der Waals surface area contributed by atoms with E-state index < -0.39 is 0 Å². The number of amides is 2. The van der Waals surface area contributed by atoms with Gasteiger partial charge in [0, 0.05) is 0 Å². The second-order valence-corrected chi connectivity index (χ2v) is 5.90. The molecule has 3 rings (SSSR count). The van der Waals surface area contributed by atoms with Crippen LogP contribution >= 0.6 is 11.8 Å². The molecule has 0 saturated carbocycles. The Kier molecular flexibility index (Phi) is 3.81. The van der Waals surface area contributed by atoms with Gasteiger partial charge < -0.3 is 0 Å². The minimum absolute atomic E-state index is 0.288. The number of benzene rings is 2. The molecule has 22 heavy (non-hydrogen) atoms. The van der Waals surface area contributed by atoms with Crippen molar-refractivity contribution in [3.8, 4) is 0 Å². The molecule has 1 fully saturated rings. The average Bonchev–Trinajstić information content (AvgIpc) is 2.75. The van der Waals surface area contributed by atoms with E-state index in [0.29, 0.717) is 11.3 Å². The number of anilines is 1. The summed E-state index contributed by atoms with van der Waals surface area (Å²) in [5.41, 5.74) is 2.14. The van der Waals surface area contributed by atoms with Crippen LogP contribution in [0.25, 0.3) is 6.08 Å². The van der Waals surface area contributed by atoms with Crippen LogP contribution in [0.1, 0.15) is 11.1 Å². The molecule has 0 spiro atoms. The third kappa shape index (κ3) is 2.80. The molecule has 1 saturated heterocycles. The van der Waals surface area contributed by atoms with E-state index in [1.807, 2.05) is 19.1 Å². The zero-order valence-electron chi connectivity index (χ0n) is 11.7. The van der Waals surface area contributed by atoms with Crippen LogP contribution in [-0.2, 0) is 4.79 Å². The minimum Gasteiger partial charge on any atom is -0.268 e. The SMILES string of the molecule is Cc1ccc(N2C(=O)S/C(=C\c3cccc(F)c3)C2=O)cc1. The second-order valence-electron chi connectivity index (χ2n) is 4.91. The van der Waals surface area contributed by atoms with Gasteiger partial charge in [0.1, 0.15) is 5.82 Å². The molecule has 5 heteroatoms. The molecule has 1 heterocycles. The average molecular weight is 313 g/mol. The normalized spacial score (nSPS) is 16.6. The maximum atomic E-state index is 13.2. The summed E-state index contributed by atoms with van der Waals surface area (Å²) >= 11 is 0.858. The molecule has 0 aromatic heterocycles. The first kappa shape index (κ1) is 14.5. The summed E-state index contributed by atoms with van der Waals surface area (Å²) in [4.78, 5) is 25.9. The molecule has 0 unspecified atom stereocenters. The fraction of sp³-hybridized carbons (Fsp3) is 0.0588. The van der Waals surface area contributed by atoms with E-state index in [4.69, 9.17) is 0 Å². The Balaban J connectivity index is 1.93. The van der Waals surface area contributed by atoms with Crippen molar-refractivity contribution in [3.05, 3.63) is 70.4 Å². The molecule has 0 bridgehead atoms. The summed E-state index contributed by atoms with van der Waals surface area (Å²) < 4.78 is 13.2. The topological polar surface area (TPSA) is 37.4 Å². The summed E-state index contributed by atoms with van der Waals surface area (Å²) in [5.74, 6) is -0.769. The maximum absolute atomic E-state index is 13.2. The summed E-state index contributed by atoms with van der Waals surface area (Å²) in [6, 6.07) is 13.0. The van der Waals surface area contributed by atoms with E-state index in [1.54, 1.807) is 24.3 Å². The van der Waals surface area contributed by atoms with Crippen molar-refractivity contribution in [1.82, 2.24) is 0 Å². The minimum atomic E-state index is -0.386. The molecule has 0 atom stereocenters. The Morgan fingerprint density at radius 2 is 1.82 bits per heavy atom. The Labute approximate surface area is 131 Å². The number of hydrogen-bond donors (Lipinski definition) is 0. The number of nitrogens with zero attached hydrogens (tertiary/aromatic N) is 1. The highest BCUT2D eigenvalue weighted by atomic mass is 32.2. The molecule has 2 aromatic carbocycles. The first-order chi connectivity index (χ1) is 10.5. The van der Waals surface area contributed by atoms with Gasteiger partial charge in [-0.15, -0.1) is 0 Å². The molecular formula is C17H12FNO2S. The number of carbonyl (C=O) groups excluding carboxylic acids is 2. The predicted molar refractivity (Wildman–Crippen MR) is 86.0 cm³/mol. The predicted octanol–water partition coefficient (Wildman–Crippen LogP) is 4.38. The Morgan fingerprint density at radius 3 is 2.50 bits per heavy atom. The Hall–Kier alpha value is -2.40. The summed E-state index contributed by atoms with van der Waals surface area (Å²) in [5, 5.41) is -0.350. The van der Waals surface area contributed by atoms with Crippen molar-refractivity contribution in [2.45, 2.75) is 6.92 Å². The number of rotatable bonds is 2. The van der Waals surface area contributed by atoms with Crippen LogP contribution in [-0.4, -0.2) is 11.1 Å². The van der Waals surface area contributed by atoms with Crippen molar-refractivity contribution >= 4 is 34.7 Å². The van der Waals surface area contributed by atoms with Gasteiger partial charge in [-0.05, 0) is 54.6 Å². The van der Waals surface area contributed by atoms with Gasteiger partial charge in [-0.1, -0.05) is 29.8 Å². The van der Waals surface area contributed by atoms with Gasteiger partial charge >= 0.3 is 0 Å². The van der Waals surface area contributed by atoms with Gasteiger partial charge in [-0.25, -0.2) is 9.29 Å². The van der Waals surface area contributed by atoms with Gasteiger partial charge in [0.2, 0.25) is 0 Å². The lowest BCUT2D eigenvalue weighted by molar-refractivity contribution is -0.113. The number of thioether (sulfide) groups is 1. The summed E-state index contributed by atoms with van der Waals surface area (Å²) in [6.07, 6.45) is 1.53. The Morgan fingerprint density at radius 1 is 1.09 bits per heavy atom. The lowest BCUT2D eigenvalue weighted by Crippen LogP contribution is -2.27. The molecule has 2 aromatic rings. The number of hydrogen-bond acceptors (Lipinski definition) is 3. The molecule has 0 N–H and O–H groups in total. The summed E-state index contributed by atoms with van der Waals surface area (Å²) in [7, 11) is 0. The first-order valence-corrected chi connectivity index (χ1v) is 7.46. The number of halogens is 1. The van der Waals surface area contributed by atoms with Gasteiger partial charge in [-0.2, -0.15) is 0 Å². The summed E-state index contributed by atoms with van der Waals surface area (Å²) in [6.45, 7) is 1.93. The van der Waals surface area contributed by atoms with E-state index in [9.17, 15) is 14.0 Å². The second kappa shape index (κ2) is 5.77. The highest BCUT2D eigenvalue weighted by Crippen LogP contribution is 2.35. The van der Waals surface area contributed by atoms with Gasteiger partial charge in [0.15, 0.2) is 0 Å². The van der Waals surface area contributed by atoms with Crippen LogP contribution in [0, 0.1) is 12.7 Å². The third-order valence-corrected chi connectivity index (χ3v) is 4.10. The molecule has 3 nitrogen and oxygen atoms in total. The molecule has 1 aliphatic rings. The zero-order valence-corrected chi connectivity index (χ0v) is 12.6. The van der Waals surface area contributed by atoms with Crippen molar-refractivity contribution in [1.29, 1.82) is 0 Å². The van der Waals surface area contributed by atoms with E-state index in [1.165, 1.54) is 18.2 Å².